The number of carbonyl (C=O) groups excluding carboxylic acids is 1. The first kappa shape index (κ1) is 15.0. The van der Waals surface area contributed by atoms with Crippen molar-refractivity contribution in [2.75, 3.05) is 13.7 Å². The summed E-state index contributed by atoms with van der Waals surface area (Å²) in [4.78, 5) is 12.3. The van der Waals surface area contributed by atoms with Crippen molar-refractivity contribution in [2.24, 2.45) is 17.8 Å². The van der Waals surface area contributed by atoms with Crippen LogP contribution in [0.3, 0.4) is 0 Å². The van der Waals surface area contributed by atoms with E-state index in [1.807, 2.05) is 0 Å². The number of hydrogen-bond donors (Lipinski definition) is 1. The average molecular weight is 251 g/mol. The molecule has 18 heavy (non-hydrogen) atoms. The van der Waals surface area contributed by atoms with Crippen molar-refractivity contribution in [1.29, 1.82) is 0 Å². The van der Waals surface area contributed by atoms with Crippen LogP contribution in [0.15, 0.2) is 0 Å². The third kappa shape index (κ3) is 2.87. The van der Waals surface area contributed by atoms with E-state index in [-0.39, 0.29) is 11.9 Å². The first-order valence-electron chi connectivity index (χ1n) is 6.74. The number of rotatable bonds is 4. The van der Waals surface area contributed by atoms with E-state index in [0.717, 1.165) is 12.8 Å². The summed E-state index contributed by atoms with van der Waals surface area (Å²) in [6, 6.07) is 0. The van der Waals surface area contributed by atoms with Crippen LogP contribution in [-0.4, -0.2) is 25.2 Å². The normalized spacial score (nSPS) is 32.0. The van der Waals surface area contributed by atoms with Gasteiger partial charge in [-0.3, -0.25) is 10.1 Å². The molecule has 1 saturated carbocycles. The van der Waals surface area contributed by atoms with Gasteiger partial charge >= 0.3 is 5.97 Å². The van der Waals surface area contributed by atoms with Crippen LogP contribution < -0.4 is 5.32 Å². The molecule has 0 radical (unpaired) electrons. The Morgan fingerprint density at radius 3 is 2.72 bits per heavy atom. The van der Waals surface area contributed by atoms with Crippen LogP contribution in [0.1, 0.15) is 40.0 Å². The number of hydrogen-bond acceptors (Lipinski definition) is 3. The van der Waals surface area contributed by atoms with E-state index in [2.05, 4.69) is 32.0 Å². The zero-order chi connectivity index (χ0) is 13.8. The minimum absolute atomic E-state index is 0.164. The molecule has 0 aromatic rings. The van der Waals surface area contributed by atoms with Crippen LogP contribution in [0.4, 0.5) is 0 Å². The first-order valence-corrected chi connectivity index (χ1v) is 6.74. The van der Waals surface area contributed by atoms with Crippen LogP contribution in [0, 0.1) is 30.1 Å². The van der Waals surface area contributed by atoms with E-state index in [0.29, 0.717) is 18.4 Å². The smallest absolute Gasteiger partial charge is 0.326 e. The Hall–Kier alpha value is -1.01. The number of carbonyl (C=O) groups is 1. The predicted molar refractivity (Wildman–Crippen MR) is 72.9 cm³/mol. The van der Waals surface area contributed by atoms with Crippen LogP contribution in [0.25, 0.3) is 0 Å². The molecule has 3 nitrogen and oxygen atoms in total. The second-order valence-electron chi connectivity index (χ2n) is 5.76. The molecule has 1 N–H and O–H groups in total. The van der Waals surface area contributed by atoms with Gasteiger partial charge < -0.3 is 4.74 Å². The van der Waals surface area contributed by atoms with Crippen LogP contribution in [0.5, 0.6) is 0 Å². The summed E-state index contributed by atoms with van der Waals surface area (Å²) in [6.45, 7) is 6.92. The highest BCUT2D eigenvalue weighted by atomic mass is 16.5. The van der Waals surface area contributed by atoms with Gasteiger partial charge in [-0.1, -0.05) is 33.1 Å². The van der Waals surface area contributed by atoms with E-state index in [1.54, 1.807) is 0 Å². The molecule has 3 atom stereocenters. The molecule has 1 aliphatic rings. The Bertz CT molecular complexity index is 332. The summed E-state index contributed by atoms with van der Waals surface area (Å²) in [5.41, 5.74) is -0.604. The van der Waals surface area contributed by atoms with Crippen LogP contribution in [-0.2, 0) is 9.53 Å². The molecular formula is C15H25NO2. The zero-order valence-corrected chi connectivity index (χ0v) is 12.0. The summed E-state index contributed by atoms with van der Waals surface area (Å²) in [7, 11) is 1.46. The monoisotopic (exact) mass is 251 g/mol. The molecule has 1 rings (SSSR count). The molecule has 0 aliphatic heterocycles. The van der Waals surface area contributed by atoms with Gasteiger partial charge in [0.15, 0.2) is 0 Å². The average Bonchev–Trinajstić information content (AvgIpc) is 2.34. The summed E-state index contributed by atoms with van der Waals surface area (Å²) < 4.78 is 5.05. The number of esters is 1. The standard InChI is InChI=1S/C15H25NO2/c1-6-9-16-15(14(17)18-5)10-12(4)7-8-13(15)11(2)3/h1,11-13,16H,7-10H2,2-5H3. The van der Waals surface area contributed by atoms with Crippen molar-refractivity contribution >= 4 is 5.97 Å². The Labute approximate surface area is 111 Å². The molecule has 0 aromatic heterocycles. The van der Waals surface area contributed by atoms with Crippen LogP contribution in [0.2, 0.25) is 0 Å². The SMILES string of the molecule is C#CCNC1(C(=O)OC)CC(C)CCC1C(C)C. The Morgan fingerprint density at radius 1 is 1.56 bits per heavy atom. The maximum Gasteiger partial charge on any atom is 0.326 e. The summed E-state index contributed by atoms with van der Waals surface area (Å²) >= 11 is 0. The lowest BCUT2D eigenvalue weighted by atomic mass is 9.65. The highest BCUT2D eigenvalue weighted by molar-refractivity contribution is 5.81. The molecule has 0 saturated heterocycles. The van der Waals surface area contributed by atoms with Crippen molar-refractivity contribution in [3.8, 4) is 12.3 Å². The topological polar surface area (TPSA) is 38.3 Å². The minimum Gasteiger partial charge on any atom is -0.468 e. The number of terminal acetylenes is 1. The maximum atomic E-state index is 12.3. The van der Waals surface area contributed by atoms with E-state index in [9.17, 15) is 4.79 Å². The molecule has 1 fully saturated rings. The number of nitrogens with one attached hydrogen (secondary N) is 1. The summed E-state index contributed by atoms with van der Waals surface area (Å²) in [6.07, 6.45) is 8.36. The fourth-order valence-corrected chi connectivity index (χ4v) is 3.32. The Kier molecular flexibility index (Phi) is 5.22. The van der Waals surface area contributed by atoms with Gasteiger partial charge in [-0.2, -0.15) is 0 Å². The molecule has 3 heteroatoms. The minimum atomic E-state index is -0.604. The fraction of sp³-hybridized carbons (Fsp3) is 0.800. The number of ether oxygens (including phenoxy) is 1. The molecule has 0 heterocycles. The second kappa shape index (κ2) is 6.24. The zero-order valence-electron chi connectivity index (χ0n) is 12.0. The molecule has 1 aliphatic carbocycles. The summed E-state index contributed by atoms with van der Waals surface area (Å²) in [5.74, 6) is 3.65. The van der Waals surface area contributed by atoms with E-state index < -0.39 is 5.54 Å². The van der Waals surface area contributed by atoms with Gasteiger partial charge in [-0.15, -0.1) is 6.42 Å². The van der Waals surface area contributed by atoms with Gasteiger partial charge in [0.2, 0.25) is 0 Å². The van der Waals surface area contributed by atoms with Crippen LogP contribution >= 0.6 is 0 Å². The largest absolute Gasteiger partial charge is 0.468 e. The highest BCUT2D eigenvalue weighted by Crippen LogP contribution is 2.41. The lowest BCUT2D eigenvalue weighted by Gasteiger charge is -2.46. The van der Waals surface area contributed by atoms with Gasteiger partial charge in [0.1, 0.15) is 5.54 Å². The lowest BCUT2D eigenvalue weighted by Crippen LogP contribution is -2.61. The molecule has 0 bridgehead atoms. The lowest BCUT2D eigenvalue weighted by molar-refractivity contribution is -0.155. The third-order valence-electron chi connectivity index (χ3n) is 4.13. The van der Waals surface area contributed by atoms with Crippen molar-refractivity contribution in [1.82, 2.24) is 5.32 Å². The van der Waals surface area contributed by atoms with Gasteiger partial charge in [-0.25, -0.2) is 0 Å². The highest BCUT2D eigenvalue weighted by Gasteiger charge is 2.50. The van der Waals surface area contributed by atoms with Gasteiger partial charge in [0, 0.05) is 0 Å². The molecule has 0 aromatic carbocycles. The van der Waals surface area contributed by atoms with E-state index in [1.165, 1.54) is 13.5 Å². The third-order valence-corrected chi connectivity index (χ3v) is 4.13. The molecule has 3 unspecified atom stereocenters. The fourth-order valence-electron chi connectivity index (χ4n) is 3.32. The van der Waals surface area contributed by atoms with Crippen molar-refractivity contribution < 1.29 is 9.53 Å². The molecule has 0 amide bonds. The first-order chi connectivity index (χ1) is 8.47. The number of methoxy groups -OCH3 is 1. The van der Waals surface area contributed by atoms with Crippen molar-refractivity contribution in [2.45, 2.75) is 45.6 Å². The Balaban J connectivity index is 3.07. The second-order valence-corrected chi connectivity index (χ2v) is 5.76. The van der Waals surface area contributed by atoms with Gasteiger partial charge in [-0.05, 0) is 30.6 Å². The van der Waals surface area contributed by atoms with Gasteiger partial charge in [0.25, 0.3) is 0 Å². The Morgan fingerprint density at radius 2 is 2.22 bits per heavy atom. The van der Waals surface area contributed by atoms with Crippen molar-refractivity contribution in [3.05, 3.63) is 0 Å². The molecular weight excluding hydrogens is 226 g/mol. The van der Waals surface area contributed by atoms with E-state index in [4.69, 9.17) is 11.2 Å². The van der Waals surface area contributed by atoms with E-state index >= 15 is 0 Å². The molecule has 102 valence electrons. The van der Waals surface area contributed by atoms with Gasteiger partial charge in [0.05, 0.1) is 13.7 Å². The predicted octanol–water partition coefficient (Wildman–Crippen LogP) is 2.21. The summed E-state index contributed by atoms with van der Waals surface area (Å²) in [5, 5.41) is 3.29. The molecule has 0 spiro atoms. The van der Waals surface area contributed by atoms with Crippen molar-refractivity contribution in [3.63, 3.8) is 0 Å². The quantitative estimate of drug-likeness (QED) is 0.615. The maximum absolute atomic E-state index is 12.3.